The van der Waals surface area contributed by atoms with E-state index >= 15 is 0 Å². The Morgan fingerprint density at radius 3 is 2.55 bits per heavy atom. The van der Waals surface area contributed by atoms with E-state index in [-0.39, 0.29) is 18.3 Å². The maximum Gasteiger partial charge on any atom is 0.259 e. The number of benzene rings is 2. The number of carbonyl (C=O) groups excluding carboxylic acids is 2. The standard InChI is InChI=1S/C23H24BrNO6/c1-4-28-21-12-15(11-17(24)23(21)31-14-22(27)25(2)3)5-7-18(26)16-6-8-19-20(13-16)30-10-9-29-19/h5-8,11-13H,4,9-10,14H2,1-3H3/b7-5+. The van der Waals surface area contributed by atoms with Gasteiger partial charge in [0.25, 0.3) is 5.91 Å². The zero-order chi connectivity index (χ0) is 22.4. The fraction of sp³-hybridized carbons (Fsp3) is 0.304. The summed E-state index contributed by atoms with van der Waals surface area (Å²) in [5, 5.41) is 0. The maximum absolute atomic E-state index is 12.6. The molecule has 0 bridgehead atoms. The third-order valence-corrected chi connectivity index (χ3v) is 5.01. The second-order valence-corrected chi connectivity index (χ2v) is 7.75. The largest absolute Gasteiger partial charge is 0.490 e. The summed E-state index contributed by atoms with van der Waals surface area (Å²) in [4.78, 5) is 25.9. The highest BCUT2D eigenvalue weighted by atomic mass is 79.9. The predicted octanol–water partition coefficient (Wildman–Crippen LogP) is 3.98. The normalized spacial score (nSPS) is 12.5. The SMILES string of the molecule is CCOc1cc(/C=C/C(=O)c2ccc3c(c2)OCCO3)cc(Br)c1OCC(=O)N(C)C. The number of nitrogens with zero attached hydrogens (tertiary/aromatic N) is 1. The van der Waals surface area contributed by atoms with Crippen LogP contribution in [0.3, 0.4) is 0 Å². The van der Waals surface area contributed by atoms with Crippen LogP contribution in [0.1, 0.15) is 22.8 Å². The Labute approximate surface area is 189 Å². The fourth-order valence-electron chi connectivity index (χ4n) is 2.81. The summed E-state index contributed by atoms with van der Waals surface area (Å²) in [6.45, 7) is 3.14. The van der Waals surface area contributed by atoms with E-state index in [1.54, 1.807) is 50.5 Å². The summed E-state index contributed by atoms with van der Waals surface area (Å²) in [6, 6.07) is 8.69. The Morgan fingerprint density at radius 1 is 1.10 bits per heavy atom. The molecule has 0 radical (unpaired) electrons. The molecular weight excluding hydrogens is 466 g/mol. The van der Waals surface area contributed by atoms with Crippen LogP contribution in [0, 0.1) is 0 Å². The molecule has 0 atom stereocenters. The predicted molar refractivity (Wildman–Crippen MR) is 120 cm³/mol. The van der Waals surface area contributed by atoms with Crippen LogP contribution in [-0.4, -0.2) is 57.1 Å². The average molecular weight is 490 g/mol. The number of hydrogen-bond acceptors (Lipinski definition) is 6. The number of likely N-dealkylation sites (N-methyl/N-ethyl adjacent to an activating group) is 1. The van der Waals surface area contributed by atoms with Crippen LogP contribution in [0.5, 0.6) is 23.0 Å². The molecule has 3 rings (SSSR count). The molecule has 0 fully saturated rings. The van der Waals surface area contributed by atoms with Crippen molar-refractivity contribution in [3.05, 3.63) is 52.0 Å². The topological polar surface area (TPSA) is 74.3 Å². The van der Waals surface area contributed by atoms with Gasteiger partial charge in [0, 0.05) is 19.7 Å². The summed E-state index contributed by atoms with van der Waals surface area (Å²) < 4.78 is 23.0. The Morgan fingerprint density at radius 2 is 1.84 bits per heavy atom. The lowest BCUT2D eigenvalue weighted by Gasteiger charge is -2.18. The first-order chi connectivity index (χ1) is 14.9. The molecule has 7 nitrogen and oxygen atoms in total. The van der Waals surface area contributed by atoms with Gasteiger partial charge in [0.15, 0.2) is 35.4 Å². The van der Waals surface area contributed by atoms with Gasteiger partial charge >= 0.3 is 0 Å². The molecule has 0 saturated heterocycles. The Bertz CT molecular complexity index is 1000. The van der Waals surface area contributed by atoms with Crippen LogP contribution in [0.2, 0.25) is 0 Å². The molecule has 0 saturated carbocycles. The van der Waals surface area contributed by atoms with E-state index < -0.39 is 0 Å². The number of carbonyl (C=O) groups is 2. The van der Waals surface area contributed by atoms with Gasteiger partial charge in [-0.05, 0) is 64.8 Å². The second-order valence-electron chi connectivity index (χ2n) is 6.90. The van der Waals surface area contributed by atoms with Crippen molar-refractivity contribution in [2.75, 3.05) is 40.5 Å². The van der Waals surface area contributed by atoms with Crippen molar-refractivity contribution in [1.82, 2.24) is 4.90 Å². The van der Waals surface area contributed by atoms with Crippen LogP contribution in [0.25, 0.3) is 6.08 Å². The van der Waals surface area contributed by atoms with E-state index in [0.717, 1.165) is 5.56 Å². The molecule has 1 amide bonds. The van der Waals surface area contributed by atoms with Crippen LogP contribution in [0.15, 0.2) is 40.9 Å². The summed E-state index contributed by atoms with van der Waals surface area (Å²) in [5.41, 5.74) is 1.25. The summed E-state index contributed by atoms with van der Waals surface area (Å²) in [5.74, 6) is 1.80. The number of halogens is 1. The van der Waals surface area contributed by atoms with Gasteiger partial charge in [-0.1, -0.05) is 6.08 Å². The summed E-state index contributed by atoms with van der Waals surface area (Å²) in [7, 11) is 3.33. The van der Waals surface area contributed by atoms with Gasteiger partial charge in [0.1, 0.15) is 13.2 Å². The maximum atomic E-state index is 12.6. The number of rotatable bonds is 8. The molecule has 1 aliphatic rings. The number of allylic oxidation sites excluding steroid dienone is 1. The summed E-state index contributed by atoms with van der Waals surface area (Å²) in [6.07, 6.45) is 3.18. The van der Waals surface area contributed by atoms with Crippen LogP contribution < -0.4 is 18.9 Å². The molecule has 0 aromatic heterocycles. The highest BCUT2D eigenvalue weighted by Crippen LogP contribution is 2.37. The molecule has 2 aromatic carbocycles. The van der Waals surface area contributed by atoms with E-state index in [1.165, 1.54) is 11.0 Å². The molecule has 2 aromatic rings. The van der Waals surface area contributed by atoms with Crippen molar-refractivity contribution in [2.24, 2.45) is 0 Å². The highest BCUT2D eigenvalue weighted by Gasteiger charge is 2.16. The van der Waals surface area contributed by atoms with Crippen molar-refractivity contribution in [3.8, 4) is 23.0 Å². The van der Waals surface area contributed by atoms with Crippen LogP contribution in [-0.2, 0) is 4.79 Å². The number of hydrogen-bond donors (Lipinski definition) is 0. The van der Waals surface area contributed by atoms with Crippen molar-refractivity contribution in [3.63, 3.8) is 0 Å². The number of ether oxygens (including phenoxy) is 4. The minimum Gasteiger partial charge on any atom is -0.490 e. The van der Waals surface area contributed by atoms with Gasteiger partial charge in [-0.25, -0.2) is 0 Å². The minimum atomic E-state index is -0.164. The lowest BCUT2D eigenvalue weighted by atomic mass is 10.1. The van der Waals surface area contributed by atoms with Gasteiger partial charge < -0.3 is 23.8 Å². The Hall–Kier alpha value is -3.00. The van der Waals surface area contributed by atoms with E-state index in [2.05, 4.69) is 15.9 Å². The van der Waals surface area contributed by atoms with E-state index in [1.807, 2.05) is 6.92 Å². The van der Waals surface area contributed by atoms with Crippen molar-refractivity contribution in [2.45, 2.75) is 6.92 Å². The number of ketones is 1. The molecule has 0 aliphatic carbocycles. The Balaban J connectivity index is 1.78. The van der Waals surface area contributed by atoms with Gasteiger partial charge in [0.2, 0.25) is 0 Å². The fourth-order valence-corrected chi connectivity index (χ4v) is 3.39. The highest BCUT2D eigenvalue weighted by molar-refractivity contribution is 9.10. The molecule has 8 heteroatoms. The van der Waals surface area contributed by atoms with Gasteiger partial charge in [-0.3, -0.25) is 9.59 Å². The van der Waals surface area contributed by atoms with Crippen molar-refractivity contribution >= 4 is 33.7 Å². The second kappa shape index (κ2) is 10.3. The van der Waals surface area contributed by atoms with Gasteiger partial charge in [-0.2, -0.15) is 0 Å². The zero-order valence-corrected chi connectivity index (χ0v) is 19.2. The van der Waals surface area contributed by atoms with Crippen molar-refractivity contribution in [1.29, 1.82) is 0 Å². The monoisotopic (exact) mass is 489 g/mol. The molecule has 1 aliphatic heterocycles. The third kappa shape index (κ3) is 5.79. The molecule has 0 unspecified atom stereocenters. The number of amides is 1. The molecular formula is C23H24BrNO6. The quantitative estimate of drug-likeness (QED) is 0.412. The first-order valence-corrected chi connectivity index (χ1v) is 10.6. The lowest BCUT2D eigenvalue weighted by molar-refractivity contribution is -0.130. The van der Waals surface area contributed by atoms with E-state index in [9.17, 15) is 9.59 Å². The van der Waals surface area contributed by atoms with Crippen LogP contribution in [0.4, 0.5) is 0 Å². The third-order valence-electron chi connectivity index (χ3n) is 4.42. The Kier molecular flexibility index (Phi) is 7.57. The van der Waals surface area contributed by atoms with E-state index in [4.69, 9.17) is 18.9 Å². The zero-order valence-electron chi connectivity index (χ0n) is 17.6. The first-order valence-electron chi connectivity index (χ1n) is 9.80. The molecule has 31 heavy (non-hydrogen) atoms. The summed E-state index contributed by atoms with van der Waals surface area (Å²) >= 11 is 3.47. The van der Waals surface area contributed by atoms with Gasteiger partial charge in [0.05, 0.1) is 11.1 Å². The van der Waals surface area contributed by atoms with Crippen LogP contribution >= 0.6 is 15.9 Å². The average Bonchev–Trinajstić information content (AvgIpc) is 2.76. The minimum absolute atomic E-state index is 0.108. The molecule has 1 heterocycles. The first kappa shape index (κ1) is 22.7. The molecule has 164 valence electrons. The number of fused-ring (bicyclic) bond motifs is 1. The smallest absolute Gasteiger partial charge is 0.259 e. The van der Waals surface area contributed by atoms with Gasteiger partial charge in [-0.15, -0.1) is 0 Å². The molecule has 0 N–H and O–H groups in total. The van der Waals surface area contributed by atoms with E-state index in [0.29, 0.717) is 52.9 Å². The van der Waals surface area contributed by atoms with Crippen molar-refractivity contribution < 1.29 is 28.5 Å². The lowest BCUT2D eigenvalue weighted by Crippen LogP contribution is -2.27. The molecule has 0 spiro atoms.